The molecule has 0 bridgehead atoms. The van der Waals surface area contributed by atoms with Gasteiger partial charge in [-0.15, -0.1) is 0 Å². The van der Waals surface area contributed by atoms with Gasteiger partial charge in [0, 0.05) is 12.6 Å². The Bertz CT molecular complexity index is 45.7. The maximum Gasteiger partial charge on any atom is 0.0987 e. The Morgan fingerprint density at radius 1 is 1.50 bits per heavy atom. The molecular weight excluding hydrogens is 104 g/mol. The molecule has 0 fully saturated rings. The standard InChI is InChI=1S/C5H13N2O/c1-6-3-5(4-8)7-2/h5-7H,3-4H2,1-2H3. The minimum absolute atomic E-state index is 0.0582. The Morgan fingerprint density at radius 3 is 2.25 bits per heavy atom. The van der Waals surface area contributed by atoms with Crippen molar-refractivity contribution in [1.29, 1.82) is 0 Å². The molecule has 0 rings (SSSR count). The molecule has 0 aromatic heterocycles. The van der Waals surface area contributed by atoms with E-state index in [0.29, 0.717) is 0 Å². The summed E-state index contributed by atoms with van der Waals surface area (Å²) in [7, 11) is 3.62. The number of rotatable bonds is 4. The van der Waals surface area contributed by atoms with Crippen molar-refractivity contribution in [1.82, 2.24) is 10.6 Å². The van der Waals surface area contributed by atoms with Gasteiger partial charge in [0.2, 0.25) is 0 Å². The zero-order chi connectivity index (χ0) is 6.41. The molecule has 0 aliphatic rings. The van der Waals surface area contributed by atoms with Gasteiger partial charge in [0.05, 0.1) is 6.61 Å². The van der Waals surface area contributed by atoms with Crippen LogP contribution in [-0.4, -0.2) is 33.3 Å². The summed E-state index contributed by atoms with van der Waals surface area (Å²) in [6.45, 7) is 0.692. The van der Waals surface area contributed by atoms with Crippen molar-refractivity contribution in [3.8, 4) is 0 Å². The fraction of sp³-hybridized carbons (Fsp3) is 1.00. The lowest BCUT2D eigenvalue weighted by atomic mass is 10.3. The van der Waals surface area contributed by atoms with Crippen molar-refractivity contribution >= 4 is 0 Å². The summed E-state index contributed by atoms with van der Waals surface area (Å²) < 4.78 is 0. The van der Waals surface area contributed by atoms with Gasteiger partial charge in [-0.05, 0) is 14.1 Å². The van der Waals surface area contributed by atoms with Crippen molar-refractivity contribution in [2.45, 2.75) is 6.04 Å². The van der Waals surface area contributed by atoms with Crippen LogP contribution in [-0.2, 0) is 5.11 Å². The molecule has 0 amide bonds. The van der Waals surface area contributed by atoms with E-state index in [1.807, 2.05) is 7.05 Å². The van der Waals surface area contributed by atoms with Crippen molar-refractivity contribution in [2.75, 3.05) is 27.2 Å². The molecule has 0 aromatic rings. The summed E-state index contributed by atoms with van der Waals surface area (Å²) in [6, 6.07) is 0.0833. The van der Waals surface area contributed by atoms with E-state index in [0.717, 1.165) is 6.54 Å². The lowest BCUT2D eigenvalue weighted by Gasteiger charge is -2.09. The quantitative estimate of drug-likeness (QED) is 0.507. The highest BCUT2D eigenvalue weighted by Gasteiger charge is 2.00. The van der Waals surface area contributed by atoms with Crippen LogP contribution in [0, 0.1) is 0 Å². The molecular formula is C5H13N2O. The average molecular weight is 117 g/mol. The second-order valence-corrected chi connectivity index (χ2v) is 1.71. The molecule has 0 saturated carbocycles. The van der Waals surface area contributed by atoms with Crippen molar-refractivity contribution < 1.29 is 5.11 Å². The van der Waals surface area contributed by atoms with Gasteiger partial charge in [-0.2, -0.15) is 0 Å². The van der Waals surface area contributed by atoms with E-state index in [2.05, 4.69) is 10.6 Å². The van der Waals surface area contributed by atoms with Crippen molar-refractivity contribution in [2.24, 2.45) is 0 Å². The molecule has 2 N–H and O–H groups in total. The minimum atomic E-state index is -0.0582. The third-order valence-electron chi connectivity index (χ3n) is 1.06. The summed E-state index contributed by atoms with van der Waals surface area (Å²) in [5.41, 5.74) is 0. The second-order valence-electron chi connectivity index (χ2n) is 1.71. The topological polar surface area (TPSA) is 44.0 Å². The lowest BCUT2D eigenvalue weighted by Crippen LogP contribution is -2.37. The van der Waals surface area contributed by atoms with Gasteiger partial charge in [-0.1, -0.05) is 0 Å². The van der Waals surface area contributed by atoms with E-state index in [1.54, 1.807) is 7.05 Å². The van der Waals surface area contributed by atoms with Gasteiger partial charge in [0.1, 0.15) is 0 Å². The number of hydrogen-bond acceptors (Lipinski definition) is 2. The summed E-state index contributed by atoms with van der Waals surface area (Å²) in [6.07, 6.45) is 0. The number of likely N-dealkylation sites (N-methyl/N-ethyl adjacent to an activating group) is 2. The van der Waals surface area contributed by atoms with E-state index >= 15 is 0 Å². The summed E-state index contributed by atoms with van der Waals surface area (Å²) in [4.78, 5) is 0. The molecule has 0 heterocycles. The Hall–Kier alpha value is -0.120. The molecule has 0 aliphatic heterocycles. The SMILES string of the molecule is CNCC(C[O])NC. The van der Waals surface area contributed by atoms with Crippen molar-refractivity contribution in [3.05, 3.63) is 0 Å². The third kappa shape index (κ3) is 2.96. The van der Waals surface area contributed by atoms with Gasteiger partial charge in [0.25, 0.3) is 0 Å². The minimum Gasteiger partial charge on any atom is -0.318 e. The van der Waals surface area contributed by atoms with Crippen LogP contribution in [0.3, 0.4) is 0 Å². The van der Waals surface area contributed by atoms with Gasteiger partial charge >= 0.3 is 0 Å². The largest absolute Gasteiger partial charge is 0.318 e. The molecule has 1 radical (unpaired) electrons. The Morgan fingerprint density at radius 2 is 2.12 bits per heavy atom. The molecule has 8 heavy (non-hydrogen) atoms. The maximum absolute atomic E-state index is 10.1. The highest BCUT2D eigenvalue weighted by molar-refractivity contribution is 4.62. The Labute approximate surface area is 50.1 Å². The van der Waals surface area contributed by atoms with Crippen LogP contribution in [0.5, 0.6) is 0 Å². The highest BCUT2D eigenvalue weighted by Crippen LogP contribution is 1.74. The summed E-state index contributed by atoms with van der Waals surface area (Å²) in [5.74, 6) is 0. The molecule has 3 heteroatoms. The van der Waals surface area contributed by atoms with E-state index < -0.39 is 0 Å². The zero-order valence-corrected chi connectivity index (χ0v) is 5.40. The monoisotopic (exact) mass is 117 g/mol. The van der Waals surface area contributed by atoms with Gasteiger partial charge < -0.3 is 10.6 Å². The molecule has 1 unspecified atom stereocenters. The molecule has 0 spiro atoms. The highest BCUT2D eigenvalue weighted by atomic mass is 16.3. The van der Waals surface area contributed by atoms with Crippen molar-refractivity contribution in [3.63, 3.8) is 0 Å². The van der Waals surface area contributed by atoms with Gasteiger partial charge in [-0.3, -0.25) is 0 Å². The predicted octanol–water partition coefficient (Wildman–Crippen LogP) is -0.776. The Balaban J connectivity index is 3.07. The van der Waals surface area contributed by atoms with E-state index in [9.17, 15) is 5.11 Å². The number of nitrogens with one attached hydrogen (secondary N) is 2. The fourth-order valence-corrected chi connectivity index (χ4v) is 0.491. The first-order valence-electron chi connectivity index (χ1n) is 2.75. The first-order valence-corrected chi connectivity index (χ1v) is 2.75. The first kappa shape index (κ1) is 7.88. The summed E-state index contributed by atoms with van der Waals surface area (Å²) in [5, 5.41) is 15.9. The average Bonchev–Trinajstić information content (AvgIpc) is 1.83. The molecule has 0 saturated heterocycles. The van der Waals surface area contributed by atoms with Gasteiger partial charge in [-0.25, -0.2) is 5.11 Å². The molecule has 0 aromatic carbocycles. The van der Waals surface area contributed by atoms with Crippen LogP contribution in [0.4, 0.5) is 0 Å². The molecule has 1 atom stereocenters. The normalized spacial score (nSPS) is 13.9. The van der Waals surface area contributed by atoms with E-state index in [-0.39, 0.29) is 12.6 Å². The van der Waals surface area contributed by atoms with Crippen LogP contribution in [0.15, 0.2) is 0 Å². The van der Waals surface area contributed by atoms with E-state index in [4.69, 9.17) is 0 Å². The smallest absolute Gasteiger partial charge is 0.0987 e. The van der Waals surface area contributed by atoms with Crippen LogP contribution in [0.1, 0.15) is 0 Å². The Kier molecular flexibility index (Phi) is 4.95. The van der Waals surface area contributed by atoms with Crippen LogP contribution < -0.4 is 10.6 Å². The summed E-state index contributed by atoms with van der Waals surface area (Å²) >= 11 is 0. The molecule has 49 valence electrons. The van der Waals surface area contributed by atoms with Crippen LogP contribution in [0.25, 0.3) is 0 Å². The first-order chi connectivity index (χ1) is 3.85. The maximum atomic E-state index is 10.1. The van der Waals surface area contributed by atoms with Gasteiger partial charge in [0.15, 0.2) is 0 Å². The van der Waals surface area contributed by atoms with Crippen LogP contribution >= 0.6 is 0 Å². The lowest BCUT2D eigenvalue weighted by molar-refractivity contribution is 0.161. The predicted molar refractivity (Wildman–Crippen MR) is 32.3 cm³/mol. The number of hydrogen-bond donors (Lipinski definition) is 2. The zero-order valence-electron chi connectivity index (χ0n) is 5.40. The fourth-order valence-electron chi connectivity index (χ4n) is 0.491. The second kappa shape index (κ2) is 5.03. The molecule has 3 nitrogen and oxygen atoms in total. The van der Waals surface area contributed by atoms with E-state index in [1.165, 1.54) is 0 Å². The van der Waals surface area contributed by atoms with Crippen LogP contribution in [0.2, 0.25) is 0 Å². The molecule has 0 aliphatic carbocycles. The third-order valence-corrected chi connectivity index (χ3v) is 1.06.